The zero-order chi connectivity index (χ0) is 15.3. The summed E-state index contributed by atoms with van der Waals surface area (Å²) in [7, 11) is 0. The van der Waals surface area contributed by atoms with Gasteiger partial charge in [0.1, 0.15) is 22.6 Å². The van der Waals surface area contributed by atoms with Crippen LogP contribution in [0.25, 0.3) is 0 Å². The van der Waals surface area contributed by atoms with Crippen molar-refractivity contribution in [3.63, 3.8) is 0 Å². The Kier molecular flexibility index (Phi) is 3.52. The molecular weight excluding hydrogens is 264 g/mol. The fourth-order valence-corrected chi connectivity index (χ4v) is 4.79. The highest BCUT2D eigenvalue weighted by molar-refractivity contribution is 5.88. The molecule has 21 heavy (non-hydrogen) atoms. The number of allylic oxidation sites excluding steroid dienone is 1. The van der Waals surface area contributed by atoms with Gasteiger partial charge in [-0.25, -0.2) is 0 Å². The maximum absolute atomic E-state index is 12.5. The molecule has 5 atom stereocenters. The van der Waals surface area contributed by atoms with Crippen molar-refractivity contribution in [1.29, 1.82) is 0 Å². The van der Waals surface area contributed by atoms with Crippen molar-refractivity contribution in [2.24, 2.45) is 17.3 Å². The molecule has 0 bridgehead atoms. The second-order valence-corrected chi connectivity index (χ2v) is 7.06. The van der Waals surface area contributed by atoms with E-state index in [4.69, 9.17) is 4.74 Å². The summed E-state index contributed by atoms with van der Waals surface area (Å²) in [5, 5.41) is 11.0. The minimum atomic E-state index is -0.573. The van der Waals surface area contributed by atoms with E-state index in [2.05, 4.69) is 25.7 Å². The quantitative estimate of drug-likeness (QED) is 0.807. The third kappa shape index (κ3) is 1.79. The average molecular weight is 290 g/mol. The predicted molar refractivity (Wildman–Crippen MR) is 81.6 cm³/mol. The van der Waals surface area contributed by atoms with Gasteiger partial charge in [-0.2, -0.15) is 0 Å². The van der Waals surface area contributed by atoms with Crippen LogP contribution < -0.4 is 0 Å². The lowest BCUT2D eigenvalue weighted by molar-refractivity contribution is -0.243. The van der Waals surface area contributed by atoms with Crippen LogP contribution in [0.4, 0.5) is 0 Å². The monoisotopic (exact) mass is 290 g/mol. The first-order valence-corrected chi connectivity index (χ1v) is 8.23. The zero-order valence-electron chi connectivity index (χ0n) is 13.1. The number of hydrogen-bond acceptors (Lipinski definition) is 3. The summed E-state index contributed by atoms with van der Waals surface area (Å²) >= 11 is 0. The lowest BCUT2D eigenvalue weighted by Crippen LogP contribution is -2.65. The van der Waals surface area contributed by atoms with Gasteiger partial charge in [0.25, 0.3) is 0 Å². The maximum atomic E-state index is 12.5. The minimum Gasteiger partial charge on any atom is -0.490 e. The smallest absolute Gasteiger partial charge is 0.141 e. The normalized spacial score (nSPS) is 43.2. The number of carbonyl (C=O) groups excluding carboxylic acids is 1. The van der Waals surface area contributed by atoms with Gasteiger partial charge < -0.3 is 9.84 Å². The highest BCUT2D eigenvalue weighted by atomic mass is 16.5. The van der Waals surface area contributed by atoms with Crippen LogP contribution in [-0.2, 0) is 9.53 Å². The van der Waals surface area contributed by atoms with E-state index in [9.17, 15) is 9.90 Å². The molecule has 3 nitrogen and oxygen atoms in total. The van der Waals surface area contributed by atoms with Gasteiger partial charge in [0, 0.05) is 12.3 Å². The van der Waals surface area contributed by atoms with Crippen molar-refractivity contribution in [1.82, 2.24) is 0 Å². The Balaban J connectivity index is 1.94. The van der Waals surface area contributed by atoms with Gasteiger partial charge >= 0.3 is 0 Å². The number of aliphatic hydroxyl groups excluding tert-OH is 1. The third-order valence-corrected chi connectivity index (χ3v) is 6.00. The molecule has 1 N–H and O–H groups in total. The largest absolute Gasteiger partial charge is 0.490 e. The topological polar surface area (TPSA) is 46.5 Å². The number of rotatable bonds is 4. The van der Waals surface area contributed by atoms with Crippen LogP contribution >= 0.6 is 0 Å². The number of aliphatic hydroxyl groups is 1. The predicted octanol–water partition coefficient (Wildman–Crippen LogP) is 3.38. The van der Waals surface area contributed by atoms with E-state index in [1.807, 2.05) is 6.92 Å². The Bertz CT molecular complexity index is 495. The second kappa shape index (κ2) is 4.98. The summed E-state index contributed by atoms with van der Waals surface area (Å²) in [6, 6.07) is 0. The maximum Gasteiger partial charge on any atom is 0.141 e. The van der Waals surface area contributed by atoms with Gasteiger partial charge in [0.2, 0.25) is 0 Å². The fraction of sp³-hybridized carbons (Fsp3) is 0.722. The van der Waals surface area contributed by atoms with Gasteiger partial charge in [0.15, 0.2) is 0 Å². The molecule has 3 aliphatic rings. The molecule has 0 aromatic carbocycles. The molecule has 116 valence electrons. The van der Waals surface area contributed by atoms with Gasteiger partial charge in [-0.1, -0.05) is 32.1 Å². The van der Waals surface area contributed by atoms with Crippen LogP contribution in [0.5, 0.6) is 0 Å². The summed E-state index contributed by atoms with van der Waals surface area (Å²) in [4.78, 5) is 12.5. The number of ketones is 1. The molecule has 0 radical (unpaired) electrons. The summed E-state index contributed by atoms with van der Waals surface area (Å²) < 4.78 is 5.90. The molecule has 0 aromatic rings. The van der Waals surface area contributed by atoms with Crippen LogP contribution in [0.3, 0.4) is 0 Å². The second-order valence-electron chi connectivity index (χ2n) is 7.06. The molecule has 1 saturated heterocycles. The van der Waals surface area contributed by atoms with E-state index >= 15 is 0 Å². The molecule has 0 spiro atoms. The molecule has 1 aliphatic heterocycles. The molecule has 0 amide bonds. The van der Waals surface area contributed by atoms with Crippen molar-refractivity contribution in [3.05, 3.63) is 24.5 Å². The Morgan fingerprint density at radius 2 is 2.33 bits per heavy atom. The molecule has 0 unspecified atom stereocenters. The summed E-state index contributed by atoms with van der Waals surface area (Å²) in [5.41, 5.74) is -1.14. The summed E-state index contributed by atoms with van der Waals surface area (Å²) in [6.07, 6.45) is 9.04. The first kappa shape index (κ1) is 14.8. The van der Waals surface area contributed by atoms with Gasteiger partial charge in [-0.3, -0.25) is 4.79 Å². The van der Waals surface area contributed by atoms with E-state index in [0.29, 0.717) is 12.2 Å². The van der Waals surface area contributed by atoms with Crippen molar-refractivity contribution in [3.8, 4) is 0 Å². The van der Waals surface area contributed by atoms with Crippen LogP contribution in [0.2, 0.25) is 0 Å². The molecule has 1 saturated carbocycles. The molecule has 3 rings (SSSR count). The molecule has 0 aromatic heterocycles. The van der Waals surface area contributed by atoms with E-state index in [1.54, 1.807) is 0 Å². The molecule has 1 heterocycles. The lowest BCUT2D eigenvalue weighted by atomic mass is 9.59. The highest BCUT2D eigenvalue weighted by Gasteiger charge is 2.75. The highest BCUT2D eigenvalue weighted by Crippen LogP contribution is 2.67. The number of ether oxygens (including phenoxy) is 1. The Morgan fingerprint density at radius 3 is 2.90 bits per heavy atom. The summed E-state index contributed by atoms with van der Waals surface area (Å²) in [6.45, 7) is 8.10. The minimum absolute atomic E-state index is 0.102. The van der Waals surface area contributed by atoms with Crippen LogP contribution in [0.15, 0.2) is 24.5 Å². The third-order valence-electron chi connectivity index (χ3n) is 6.00. The lowest BCUT2D eigenvalue weighted by Gasteiger charge is -2.59. The number of Topliss-reactive ketones (excluding diaryl/α,β-unsaturated/α-hetero) is 1. The van der Waals surface area contributed by atoms with E-state index in [0.717, 1.165) is 32.1 Å². The van der Waals surface area contributed by atoms with Gasteiger partial charge in [0.05, 0.1) is 12.0 Å². The molecular formula is C18H26O3. The SMILES string of the molecule is C=C1O[C@@]2(C)[C@@H](CCC)C(=O)C[C@@]12[C@@H](O)[C@@H]1C=CCCC1. The van der Waals surface area contributed by atoms with Crippen LogP contribution in [0.1, 0.15) is 52.4 Å². The average Bonchev–Trinajstić information content (AvgIpc) is 2.65. The van der Waals surface area contributed by atoms with Gasteiger partial charge in [-0.05, 0) is 32.6 Å². The molecule has 3 heteroatoms. The number of fused-ring (bicyclic) bond motifs is 1. The molecule has 2 aliphatic carbocycles. The summed E-state index contributed by atoms with van der Waals surface area (Å²) in [5.74, 6) is 0.863. The Morgan fingerprint density at radius 1 is 1.57 bits per heavy atom. The molecule has 2 fully saturated rings. The number of hydrogen-bond donors (Lipinski definition) is 1. The van der Waals surface area contributed by atoms with Crippen molar-refractivity contribution < 1.29 is 14.6 Å². The van der Waals surface area contributed by atoms with Crippen molar-refractivity contribution in [2.75, 3.05) is 0 Å². The van der Waals surface area contributed by atoms with E-state index < -0.39 is 17.1 Å². The standard InChI is InChI=1S/C18H26O3/c1-4-8-14-15(19)11-18(12(2)21-17(14,18)3)16(20)13-9-6-5-7-10-13/h6,9,13-14,16,20H,2,4-5,7-8,10-11H2,1,3H3/t13-,14+,16+,17+,18+/m1/s1. The number of carbonyl (C=O) groups is 1. The van der Waals surface area contributed by atoms with Crippen LogP contribution in [-0.4, -0.2) is 22.6 Å². The Hall–Kier alpha value is -1.09. The fourth-order valence-electron chi connectivity index (χ4n) is 4.79. The van der Waals surface area contributed by atoms with Crippen molar-refractivity contribution >= 4 is 5.78 Å². The van der Waals surface area contributed by atoms with Crippen molar-refractivity contribution in [2.45, 2.75) is 64.1 Å². The van der Waals surface area contributed by atoms with Crippen LogP contribution in [0, 0.1) is 17.3 Å². The zero-order valence-corrected chi connectivity index (χ0v) is 13.1. The first-order valence-electron chi connectivity index (χ1n) is 8.23. The Labute approximate surface area is 127 Å². The van der Waals surface area contributed by atoms with E-state index in [-0.39, 0.29) is 17.6 Å². The van der Waals surface area contributed by atoms with E-state index in [1.165, 1.54) is 0 Å². The van der Waals surface area contributed by atoms with Gasteiger partial charge in [-0.15, -0.1) is 0 Å². The first-order chi connectivity index (χ1) is 9.97.